The van der Waals surface area contributed by atoms with Crippen molar-refractivity contribution in [2.75, 3.05) is 0 Å². The van der Waals surface area contributed by atoms with Gasteiger partial charge in [0.2, 0.25) is 0 Å². The normalized spacial score (nSPS) is 10.3. The Labute approximate surface area is 78.4 Å². The second kappa shape index (κ2) is 3.37. The van der Waals surface area contributed by atoms with E-state index in [9.17, 15) is 9.59 Å². The van der Waals surface area contributed by atoms with E-state index in [1.54, 1.807) is 12.1 Å². The fourth-order valence-corrected chi connectivity index (χ4v) is 1.17. The van der Waals surface area contributed by atoms with Crippen molar-refractivity contribution >= 4 is 0 Å². The van der Waals surface area contributed by atoms with Crippen molar-refractivity contribution in [1.29, 1.82) is 0 Å². The fraction of sp³-hybridized carbons (Fsp3) is 0.111. The predicted molar refractivity (Wildman–Crippen MR) is 49.2 cm³/mol. The largest absolute Gasteiger partial charge is 0.469 e. The van der Waals surface area contributed by atoms with Gasteiger partial charge in [0.25, 0.3) is 5.56 Å². The number of aromatic amines is 2. The second-order valence-corrected chi connectivity index (χ2v) is 2.85. The Morgan fingerprint density at radius 2 is 2.21 bits per heavy atom. The molecule has 0 amide bonds. The second-order valence-electron chi connectivity index (χ2n) is 2.85. The van der Waals surface area contributed by atoms with Gasteiger partial charge in [-0.1, -0.05) is 0 Å². The molecule has 5 heteroatoms. The van der Waals surface area contributed by atoms with E-state index in [2.05, 4.69) is 9.97 Å². The number of furan rings is 1. The third-order valence-corrected chi connectivity index (χ3v) is 1.84. The van der Waals surface area contributed by atoms with Crippen LogP contribution in [0.15, 0.2) is 38.6 Å². The summed E-state index contributed by atoms with van der Waals surface area (Å²) in [6.45, 7) is 0. The lowest BCUT2D eigenvalue weighted by atomic mass is 10.2. The first-order valence-corrected chi connectivity index (χ1v) is 4.09. The Bertz CT molecular complexity index is 521. The van der Waals surface area contributed by atoms with Crippen molar-refractivity contribution in [2.24, 2.45) is 0 Å². The number of hydrogen-bond acceptors (Lipinski definition) is 3. The maximum atomic E-state index is 11.2. The molecule has 0 aromatic carbocycles. The van der Waals surface area contributed by atoms with Gasteiger partial charge in [0.15, 0.2) is 0 Å². The van der Waals surface area contributed by atoms with Crippen molar-refractivity contribution in [1.82, 2.24) is 9.97 Å². The molecule has 0 atom stereocenters. The van der Waals surface area contributed by atoms with Gasteiger partial charge in [-0.2, -0.15) is 0 Å². The zero-order valence-electron chi connectivity index (χ0n) is 7.24. The van der Waals surface area contributed by atoms with Crippen LogP contribution in [0.1, 0.15) is 11.3 Å². The van der Waals surface area contributed by atoms with Crippen LogP contribution >= 0.6 is 0 Å². The summed E-state index contributed by atoms with van der Waals surface area (Å²) in [4.78, 5) is 26.5. The van der Waals surface area contributed by atoms with Crippen LogP contribution in [0, 0.1) is 0 Å². The van der Waals surface area contributed by atoms with Crippen molar-refractivity contribution in [3.05, 3.63) is 56.8 Å². The molecule has 14 heavy (non-hydrogen) atoms. The van der Waals surface area contributed by atoms with E-state index in [0.29, 0.717) is 17.7 Å². The summed E-state index contributed by atoms with van der Waals surface area (Å²) < 4.78 is 5.08. The summed E-state index contributed by atoms with van der Waals surface area (Å²) in [7, 11) is 0. The molecule has 0 fully saturated rings. The average Bonchev–Trinajstić information content (AvgIpc) is 2.62. The molecule has 2 aromatic rings. The van der Waals surface area contributed by atoms with Gasteiger partial charge in [0.1, 0.15) is 5.76 Å². The first kappa shape index (κ1) is 8.55. The fourth-order valence-electron chi connectivity index (χ4n) is 1.17. The minimum Gasteiger partial charge on any atom is -0.469 e. The van der Waals surface area contributed by atoms with Gasteiger partial charge in [-0.15, -0.1) is 0 Å². The lowest BCUT2D eigenvalue weighted by Gasteiger charge is -1.94. The Balaban J connectivity index is 2.35. The van der Waals surface area contributed by atoms with Crippen LogP contribution in [0.25, 0.3) is 0 Å². The molecule has 2 heterocycles. The van der Waals surface area contributed by atoms with Crippen LogP contribution in [-0.4, -0.2) is 9.97 Å². The van der Waals surface area contributed by atoms with Crippen LogP contribution < -0.4 is 11.2 Å². The first-order chi connectivity index (χ1) is 6.75. The first-order valence-electron chi connectivity index (χ1n) is 4.09. The van der Waals surface area contributed by atoms with Crippen LogP contribution in [0.2, 0.25) is 0 Å². The van der Waals surface area contributed by atoms with E-state index >= 15 is 0 Å². The molecule has 0 unspecified atom stereocenters. The molecule has 2 N–H and O–H groups in total. The molecule has 2 rings (SSSR count). The van der Waals surface area contributed by atoms with Gasteiger partial charge in [-0.3, -0.25) is 9.78 Å². The highest BCUT2D eigenvalue weighted by atomic mass is 16.3. The van der Waals surface area contributed by atoms with Crippen molar-refractivity contribution in [3.8, 4) is 0 Å². The van der Waals surface area contributed by atoms with E-state index in [0.717, 1.165) is 0 Å². The molecule has 72 valence electrons. The maximum Gasteiger partial charge on any atom is 0.325 e. The van der Waals surface area contributed by atoms with Crippen molar-refractivity contribution < 1.29 is 4.42 Å². The molecule has 0 spiro atoms. The zero-order chi connectivity index (χ0) is 9.97. The Morgan fingerprint density at radius 3 is 2.86 bits per heavy atom. The minimum absolute atomic E-state index is 0.374. The lowest BCUT2D eigenvalue weighted by molar-refractivity contribution is 0.520. The Kier molecular flexibility index (Phi) is 2.06. The predicted octanol–water partition coefficient (Wildman–Crippen LogP) is 0.247. The Morgan fingerprint density at radius 1 is 1.36 bits per heavy atom. The van der Waals surface area contributed by atoms with Gasteiger partial charge in [0.05, 0.1) is 6.26 Å². The smallest absolute Gasteiger partial charge is 0.325 e. The molecule has 0 aliphatic carbocycles. The van der Waals surface area contributed by atoms with Crippen LogP contribution in [0.5, 0.6) is 0 Å². The highest BCUT2D eigenvalue weighted by Gasteiger charge is 2.03. The number of rotatable bonds is 2. The molecular formula is C9H8N2O3. The summed E-state index contributed by atoms with van der Waals surface area (Å²) in [5, 5.41) is 0. The Hall–Kier alpha value is -2.04. The molecule has 2 aromatic heterocycles. The van der Waals surface area contributed by atoms with Crippen molar-refractivity contribution in [3.63, 3.8) is 0 Å². The molecule has 0 bridgehead atoms. The van der Waals surface area contributed by atoms with Gasteiger partial charge in [-0.05, 0) is 12.1 Å². The van der Waals surface area contributed by atoms with E-state index in [4.69, 9.17) is 4.42 Å². The van der Waals surface area contributed by atoms with Crippen molar-refractivity contribution in [2.45, 2.75) is 6.42 Å². The van der Waals surface area contributed by atoms with Gasteiger partial charge in [0, 0.05) is 18.2 Å². The summed E-state index contributed by atoms with van der Waals surface area (Å²) in [6, 6.07) is 3.51. The van der Waals surface area contributed by atoms with E-state index in [-0.39, 0.29) is 5.56 Å². The lowest BCUT2D eigenvalue weighted by Crippen LogP contribution is -2.24. The number of nitrogens with one attached hydrogen (secondary N) is 2. The van der Waals surface area contributed by atoms with Crippen LogP contribution in [0.4, 0.5) is 0 Å². The third kappa shape index (κ3) is 1.66. The molecule has 0 aliphatic heterocycles. The zero-order valence-corrected chi connectivity index (χ0v) is 7.24. The van der Waals surface area contributed by atoms with E-state index in [1.165, 1.54) is 12.5 Å². The van der Waals surface area contributed by atoms with Crippen LogP contribution in [0.3, 0.4) is 0 Å². The van der Waals surface area contributed by atoms with Crippen LogP contribution in [-0.2, 0) is 6.42 Å². The highest BCUT2D eigenvalue weighted by Crippen LogP contribution is 2.04. The molecular weight excluding hydrogens is 184 g/mol. The molecule has 0 saturated carbocycles. The summed E-state index contributed by atoms with van der Waals surface area (Å²) in [5.74, 6) is 0.683. The van der Waals surface area contributed by atoms with Gasteiger partial charge in [-0.25, -0.2) is 4.79 Å². The summed E-state index contributed by atoms with van der Waals surface area (Å²) in [5.41, 5.74) is -0.414. The molecule has 5 nitrogen and oxygen atoms in total. The summed E-state index contributed by atoms with van der Waals surface area (Å²) >= 11 is 0. The number of H-pyrrole nitrogens is 2. The quantitative estimate of drug-likeness (QED) is 0.715. The van der Waals surface area contributed by atoms with Gasteiger partial charge >= 0.3 is 5.69 Å². The third-order valence-electron chi connectivity index (χ3n) is 1.84. The maximum absolute atomic E-state index is 11.2. The van der Waals surface area contributed by atoms with E-state index < -0.39 is 5.69 Å². The topological polar surface area (TPSA) is 78.9 Å². The minimum atomic E-state index is -0.502. The molecule has 0 radical (unpaired) electrons. The molecule has 0 aliphatic rings. The standard InChI is InChI=1S/C9H8N2O3/c12-8-6(5-10-9(13)11-8)4-7-2-1-3-14-7/h1-3,5H,4H2,(H2,10,11,12,13). The summed E-state index contributed by atoms with van der Waals surface area (Å²) in [6.07, 6.45) is 3.30. The number of hydrogen-bond donors (Lipinski definition) is 2. The average molecular weight is 192 g/mol. The van der Waals surface area contributed by atoms with Gasteiger partial charge < -0.3 is 9.40 Å². The number of aromatic nitrogens is 2. The highest BCUT2D eigenvalue weighted by molar-refractivity contribution is 5.13. The monoisotopic (exact) mass is 192 g/mol. The SMILES string of the molecule is O=c1[nH]cc(Cc2ccco2)c(=O)[nH]1. The van der Waals surface area contributed by atoms with E-state index in [1.807, 2.05) is 0 Å². The molecule has 0 saturated heterocycles.